The molecule has 3 nitrogen and oxygen atoms in total. The molecular formula is C8H10N2O. The fourth-order valence-electron chi connectivity index (χ4n) is 0.638. The van der Waals surface area contributed by atoms with E-state index in [-0.39, 0.29) is 0 Å². The van der Waals surface area contributed by atoms with Crippen molar-refractivity contribution in [3.8, 4) is 5.75 Å². The molecule has 0 unspecified atom stereocenters. The van der Waals surface area contributed by atoms with E-state index in [4.69, 9.17) is 4.74 Å². The van der Waals surface area contributed by atoms with Crippen LogP contribution in [-0.4, -0.2) is 18.4 Å². The third kappa shape index (κ3) is 2.37. The fourth-order valence-corrected chi connectivity index (χ4v) is 0.638. The van der Waals surface area contributed by atoms with Crippen LogP contribution in [0.25, 0.3) is 0 Å². The Morgan fingerprint density at radius 1 is 1.55 bits per heavy atom. The summed E-state index contributed by atoms with van der Waals surface area (Å²) in [5, 5.41) is 0. The van der Waals surface area contributed by atoms with Crippen LogP contribution in [0.3, 0.4) is 0 Å². The second kappa shape index (κ2) is 3.71. The molecule has 0 aliphatic carbocycles. The molecule has 0 aliphatic rings. The Balaban J connectivity index is 2.66. The smallest absolute Gasteiger partial charge is 0.176 e. The molecule has 0 amide bonds. The summed E-state index contributed by atoms with van der Waals surface area (Å²) >= 11 is 0. The van der Waals surface area contributed by atoms with E-state index in [1.54, 1.807) is 13.2 Å². The molecule has 0 atom stereocenters. The minimum absolute atomic E-state index is 0.709. The third-order valence-electron chi connectivity index (χ3n) is 1.18. The molecule has 0 saturated carbocycles. The van der Waals surface area contributed by atoms with Gasteiger partial charge < -0.3 is 4.74 Å². The van der Waals surface area contributed by atoms with Gasteiger partial charge in [-0.3, -0.25) is 9.98 Å². The molecule has 0 saturated heterocycles. The van der Waals surface area contributed by atoms with E-state index in [1.807, 2.05) is 19.1 Å². The molecule has 58 valence electrons. The van der Waals surface area contributed by atoms with E-state index in [1.165, 1.54) is 6.40 Å². The van der Waals surface area contributed by atoms with E-state index in [0.29, 0.717) is 5.75 Å². The van der Waals surface area contributed by atoms with Crippen molar-refractivity contribution >= 4 is 6.40 Å². The van der Waals surface area contributed by atoms with Crippen LogP contribution in [-0.2, 0) is 0 Å². The summed E-state index contributed by atoms with van der Waals surface area (Å²) in [6, 6.07) is 3.74. The quantitative estimate of drug-likeness (QED) is 0.472. The summed E-state index contributed by atoms with van der Waals surface area (Å²) in [7, 11) is 1.65. The van der Waals surface area contributed by atoms with Crippen molar-refractivity contribution < 1.29 is 4.74 Å². The minimum Gasteiger partial charge on any atom is -0.445 e. The number of ether oxygens (including phenoxy) is 1. The van der Waals surface area contributed by atoms with Crippen molar-refractivity contribution in [2.45, 2.75) is 6.92 Å². The van der Waals surface area contributed by atoms with Gasteiger partial charge in [-0.15, -0.1) is 0 Å². The average molecular weight is 150 g/mol. The monoisotopic (exact) mass is 150 g/mol. The number of nitrogens with zero attached hydrogens (tertiary/aromatic N) is 2. The lowest BCUT2D eigenvalue weighted by molar-refractivity contribution is 0.569. The number of hydrogen-bond acceptors (Lipinski definition) is 3. The van der Waals surface area contributed by atoms with Crippen molar-refractivity contribution in [3.05, 3.63) is 24.0 Å². The first kappa shape index (κ1) is 7.72. The number of pyridine rings is 1. The molecule has 0 bridgehead atoms. The van der Waals surface area contributed by atoms with Gasteiger partial charge in [-0.1, -0.05) is 0 Å². The first-order valence-electron chi connectivity index (χ1n) is 3.33. The Kier molecular flexibility index (Phi) is 2.60. The molecule has 0 radical (unpaired) electrons. The maximum atomic E-state index is 5.06. The second-order valence-corrected chi connectivity index (χ2v) is 2.12. The van der Waals surface area contributed by atoms with Crippen molar-refractivity contribution in [2.24, 2.45) is 4.99 Å². The predicted octanol–water partition coefficient (Wildman–Crippen LogP) is 1.43. The topological polar surface area (TPSA) is 34.5 Å². The number of rotatable bonds is 2. The zero-order valence-electron chi connectivity index (χ0n) is 6.61. The molecule has 0 aromatic carbocycles. The standard InChI is InChI=1S/C8H10N2O/c1-7-3-4-8(5-10-7)11-6-9-2/h3-6H,1-2H3. The number of aryl methyl sites for hydroxylation is 1. The highest BCUT2D eigenvalue weighted by molar-refractivity contribution is 5.51. The molecule has 0 fully saturated rings. The Morgan fingerprint density at radius 2 is 2.36 bits per heavy atom. The van der Waals surface area contributed by atoms with Crippen LogP contribution in [0.5, 0.6) is 5.75 Å². The summed E-state index contributed by atoms with van der Waals surface area (Å²) in [6.07, 6.45) is 3.04. The fraction of sp³-hybridized carbons (Fsp3) is 0.250. The Hall–Kier alpha value is -1.38. The minimum atomic E-state index is 0.709. The van der Waals surface area contributed by atoms with Crippen molar-refractivity contribution in [1.82, 2.24) is 4.98 Å². The summed E-state index contributed by atoms with van der Waals surface area (Å²) in [5.74, 6) is 0.709. The van der Waals surface area contributed by atoms with Crippen LogP contribution in [0.4, 0.5) is 0 Å². The Morgan fingerprint density at radius 3 is 2.91 bits per heavy atom. The lowest BCUT2D eigenvalue weighted by atomic mass is 10.4. The molecule has 0 spiro atoms. The second-order valence-electron chi connectivity index (χ2n) is 2.12. The van der Waals surface area contributed by atoms with Gasteiger partial charge in [0, 0.05) is 12.7 Å². The molecule has 1 heterocycles. The van der Waals surface area contributed by atoms with E-state index in [0.717, 1.165) is 5.69 Å². The van der Waals surface area contributed by atoms with Crippen LogP contribution in [0.15, 0.2) is 23.3 Å². The molecule has 11 heavy (non-hydrogen) atoms. The van der Waals surface area contributed by atoms with Crippen LogP contribution < -0.4 is 4.74 Å². The van der Waals surface area contributed by atoms with Crippen molar-refractivity contribution in [2.75, 3.05) is 7.05 Å². The molecule has 1 rings (SSSR count). The maximum absolute atomic E-state index is 5.06. The highest BCUT2D eigenvalue weighted by Crippen LogP contribution is 2.06. The number of aliphatic imine (C=N–C) groups is 1. The summed E-state index contributed by atoms with van der Waals surface area (Å²) in [5.41, 5.74) is 0.978. The van der Waals surface area contributed by atoms with Crippen LogP contribution in [0, 0.1) is 6.92 Å². The maximum Gasteiger partial charge on any atom is 0.176 e. The van der Waals surface area contributed by atoms with Crippen LogP contribution >= 0.6 is 0 Å². The van der Waals surface area contributed by atoms with E-state index < -0.39 is 0 Å². The van der Waals surface area contributed by atoms with Gasteiger partial charge in [-0.25, -0.2) is 0 Å². The number of aromatic nitrogens is 1. The van der Waals surface area contributed by atoms with Gasteiger partial charge in [0.05, 0.1) is 6.20 Å². The summed E-state index contributed by atoms with van der Waals surface area (Å²) in [4.78, 5) is 7.72. The SMILES string of the molecule is CN=COc1ccc(C)nc1. The van der Waals surface area contributed by atoms with Gasteiger partial charge in [0.15, 0.2) is 6.40 Å². The average Bonchev–Trinajstić information content (AvgIpc) is 2.04. The van der Waals surface area contributed by atoms with E-state index in [9.17, 15) is 0 Å². The molecule has 3 heteroatoms. The molecule has 1 aromatic rings. The lowest BCUT2D eigenvalue weighted by Crippen LogP contribution is -1.90. The number of hydrogen-bond donors (Lipinski definition) is 0. The summed E-state index contributed by atoms with van der Waals surface area (Å²) in [6.45, 7) is 1.93. The zero-order chi connectivity index (χ0) is 8.10. The van der Waals surface area contributed by atoms with Gasteiger partial charge in [-0.2, -0.15) is 0 Å². The van der Waals surface area contributed by atoms with E-state index >= 15 is 0 Å². The van der Waals surface area contributed by atoms with Crippen LogP contribution in [0.1, 0.15) is 5.69 Å². The van der Waals surface area contributed by atoms with Gasteiger partial charge >= 0.3 is 0 Å². The Bertz CT molecular complexity index is 241. The summed E-state index contributed by atoms with van der Waals surface area (Å²) < 4.78 is 5.06. The molecular weight excluding hydrogens is 140 g/mol. The first-order chi connectivity index (χ1) is 5.33. The normalized spacial score (nSPS) is 10.4. The first-order valence-corrected chi connectivity index (χ1v) is 3.33. The van der Waals surface area contributed by atoms with Gasteiger partial charge in [0.1, 0.15) is 5.75 Å². The van der Waals surface area contributed by atoms with Crippen molar-refractivity contribution in [3.63, 3.8) is 0 Å². The van der Waals surface area contributed by atoms with Crippen molar-refractivity contribution in [1.29, 1.82) is 0 Å². The van der Waals surface area contributed by atoms with Crippen LogP contribution in [0.2, 0.25) is 0 Å². The lowest BCUT2D eigenvalue weighted by Gasteiger charge is -1.97. The Labute approximate surface area is 65.8 Å². The predicted molar refractivity (Wildman–Crippen MR) is 44.0 cm³/mol. The van der Waals surface area contributed by atoms with Gasteiger partial charge in [0.25, 0.3) is 0 Å². The highest BCUT2D eigenvalue weighted by atomic mass is 16.5. The third-order valence-corrected chi connectivity index (χ3v) is 1.18. The van der Waals surface area contributed by atoms with Gasteiger partial charge in [-0.05, 0) is 19.1 Å². The molecule has 1 aromatic heterocycles. The molecule has 0 aliphatic heterocycles. The van der Waals surface area contributed by atoms with Gasteiger partial charge in [0.2, 0.25) is 0 Å². The molecule has 0 N–H and O–H groups in total. The zero-order valence-corrected chi connectivity index (χ0v) is 6.61. The highest BCUT2D eigenvalue weighted by Gasteiger charge is 1.89. The largest absolute Gasteiger partial charge is 0.445 e. The van der Waals surface area contributed by atoms with E-state index in [2.05, 4.69) is 9.98 Å².